The highest BCUT2D eigenvalue weighted by atomic mass is 16.5. The van der Waals surface area contributed by atoms with Gasteiger partial charge in [0.25, 0.3) is 5.91 Å². The molecule has 18 heavy (non-hydrogen) atoms. The van der Waals surface area contributed by atoms with Crippen molar-refractivity contribution in [3.63, 3.8) is 0 Å². The molecule has 1 amide bonds. The molecule has 0 saturated carbocycles. The summed E-state index contributed by atoms with van der Waals surface area (Å²) in [6.45, 7) is 2.81. The molecule has 4 heteroatoms. The summed E-state index contributed by atoms with van der Waals surface area (Å²) in [7, 11) is 0. The summed E-state index contributed by atoms with van der Waals surface area (Å²) in [5.41, 5.74) is 0. The molecule has 1 heterocycles. The maximum Gasteiger partial charge on any atom is 0.258 e. The van der Waals surface area contributed by atoms with Crippen molar-refractivity contribution in [3.05, 3.63) is 30.3 Å². The Kier molecular flexibility index (Phi) is 4.59. The highest BCUT2D eigenvalue weighted by molar-refractivity contribution is 5.77. The van der Waals surface area contributed by atoms with Gasteiger partial charge in [-0.2, -0.15) is 0 Å². The van der Waals surface area contributed by atoms with E-state index in [1.807, 2.05) is 37.3 Å². The number of nitrogens with one attached hydrogen (secondary N) is 1. The van der Waals surface area contributed by atoms with Crippen LogP contribution in [0.5, 0.6) is 5.75 Å². The second-order valence-electron chi connectivity index (χ2n) is 4.51. The van der Waals surface area contributed by atoms with Gasteiger partial charge in [-0.15, -0.1) is 0 Å². The maximum absolute atomic E-state index is 11.7. The molecule has 1 aromatic carbocycles. The van der Waals surface area contributed by atoms with Crippen LogP contribution in [0.25, 0.3) is 0 Å². The Morgan fingerprint density at radius 1 is 1.50 bits per heavy atom. The van der Waals surface area contributed by atoms with Gasteiger partial charge in [0.05, 0.1) is 12.1 Å². The van der Waals surface area contributed by atoms with Crippen molar-refractivity contribution in [1.82, 2.24) is 5.32 Å². The van der Waals surface area contributed by atoms with Gasteiger partial charge < -0.3 is 14.8 Å². The lowest BCUT2D eigenvalue weighted by molar-refractivity contribution is -0.124. The lowest BCUT2D eigenvalue weighted by Crippen LogP contribution is -2.42. The van der Waals surface area contributed by atoms with Crippen LogP contribution in [0.3, 0.4) is 0 Å². The van der Waals surface area contributed by atoms with Gasteiger partial charge in [0.1, 0.15) is 5.75 Å². The van der Waals surface area contributed by atoms with Crippen LogP contribution in [-0.2, 0) is 9.53 Å². The monoisotopic (exact) mass is 249 g/mol. The molecular formula is C14H19NO3. The van der Waals surface area contributed by atoms with E-state index in [9.17, 15) is 4.79 Å². The van der Waals surface area contributed by atoms with Crippen molar-refractivity contribution in [3.8, 4) is 5.75 Å². The van der Waals surface area contributed by atoms with Crippen LogP contribution in [0.2, 0.25) is 0 Å². The molecule has 1 N–H and O–H groups in total. The fourth-order valence-electron chi connectivity index (χ4n) is 2.05. The van der Waals surface area contributed by atoms with Crippen molar-refractivity contribution in [1.29, 1.82) is 0 Å². The van der Waals surface area contributed by atoms with Crippen LogP contribution in [0.15, 0.2) is 30.3 Å². The zero-order valence-corrected chi connectivity index (χ0v) is 10.6. The summed E-state index contributed by atoms with van der Waals surface area (Å²) >= 11 is 0. The average Bonchev–Trinajstić information content (AvgIpc) is 2.91. The molecule has 0 bridgehead atoms. The van der Waals surface area contributed by atoms with Gasteiger partial charge in [-0.25, -0.2) is 0 Å². The Bertz CT molecular complexity index is 374. The summed E-state index contributed by atoms with van der Waals surface area (Å²) in [6, 6.07) is 9.36. The Morgan fingerprint density at radius 2 is 2.28 bits per heavy atom. The van der Waals surface area contributed by atoms with E-state index in [0.29, 0.717) is 5.75 Å². The number of hydrogen-bond donors (Lipinski definition) is 1. The highest BCUT2D eigenvalue weighted by Gasteiger charge is 2.23. The zero-order chi connectivity index (χ0) is 12.8. The first-order chi connectivity index (χ1) is 8.75. The number of benzene rings is 1. The van der Waals surface area contributed by atoms with Crippen molar-refractivity contribution in [2.24, 2.45) is 0 Å². The number of carbonyl (C=O) groups excluding carboxylic acids is 1. The number of para-hydroxylation sites is 1. The third kappa shape index (κ3) is 3.74. The Hall–Kier alpha value is -1.55. The minimum atomic E-state index is -0.109. The number of rotatable bonds is 5. The molecule has 1 aliphatic rings. The minimum Gasteiger partial charge on any atom is -0.484 e. The van der Waals surface area contributed by atoms with Gasteiger partial charge in [-0.3, -0.25) is 4.79 Å². The van der Waals surface area contributed by atoms with E-state index in [-0.39, 0.29) is 24.7 Å². The standard InChI is InChI=1S/C14H19NO3/c1-11(13-8-5-9-17-13)15-14(16)10-18-12-6-3-2-4-7-12/h2-4,6-7,11,13H,5,8-10H2,1H3,(H,15,16)/t11-,13+/m1/s1. The molecule has 2 atom stereocenters. The van der Waals surface area contributed by atoms with Crippen molar-refractivity contribution < 1.29 is 14.3 Å². The Balaban J connectivity index is 1.71. The van der Waals surface area contributed by atoms with Gasteiger partial charge >= 0.3 is 0 Å². The van der Waals surface area contributed by atoms with Crippen molar-refractivity contribution in [2.75, 3.05) is 13.2 Å². The largest absolute Gasteiger partial charge is 0.484 e. The third-order valence-corrected chi connectivity index (χ3v) is 3.02. The Morgan fingerprint density at radius 3 is 2.94 bits per heavy atom. The molecule has 4 nitrogen and oxygen atoms in total. The van der Waals surface area contributed by atoms with Gasteiger partial charge in [0, 0.05) is 6.61 Å². The lowest BCUT2D eigenvalue weighted by Gasteiger charge is -2.19. The number of amides is 1. The first-order valence-corrected chi connectivity index (χ1v) is 6.34. The molecular weight excluding hydrogens is 230 g/mol. The maximum atomic E-state index is 11.7. The fourth-order valence-corrected chi connectivity index (χ4v) is 2.05. The van der Waals surface area contributed by atoms with Crippen LogP contribution in [0.1, 0.15) is 19.8 Å². The molecule has 1 aromatic rings. The molecule has 0 unspecified atom stereocenters. The SMILES string of the molecule is C[C@@H](NC(=O)COc1ccccc1)[C@@H]1CCCO1. The van der Waals surface area contributed by atoms with Crippen LogP contribution in [0, 0.1) is 0 Å². The predicted molar refractivity (Wildman–Crippen MR) is 68.5 cm³/mol. The number of hydrogen-bond acceptors (Lipinski definition) is 3. The molecule has 0 spiro atoms. The zero-order valence-electron chi connectivity index (χ0n) is 10.6. The van der Waals surface area contributed by atoms with E-state index >= 15 is 0 Å². The molecule has 2 rings (SSSR count). The van der Waals surface area contributed by atoms with E-state index in [1.165, 1.54) is 0 Å². The molecule has 98 valence electrons. The summed E-state index contributed by atoms with van der Waals surface area (Å²) in [4.78, 5) is 11.7. The van der Waals surface area contributed by atoms with Crippen molar-refractivity contribution >= 4 is 5.91 Å². The quantitative estimate of drug-likeness (QED) is 0.864. The molecule has 1 aliphatic heterocycles. The van der Waals surface area contributed by atoms with Gasteiger partial charge in [-0.1, -0.05) is 18.2 Å². The van der Waals surface area contributed by atoms with Gasteiger partial charge in [-0.05, 0) is 31.9 Å². The number of ether oxygens (including phenoxy) is 2. The molecule has 1 saturated heterocycles. The van der Waals surface area contributed by atoms with Gasteiger partial charge in [0.15, 0.2) is 6.61 Å². The fraction of sp³-hybridized carbons (Fsp3) is 0.500. The van der Waals surface area contributed by atoms with Crippen LogP contribution >= 0.6 is 0 Å². The van der Waals surface area contributed by atoms with Gasteiger partial charge in [0.2, 0.25) is 0 Å². The number of carbonyl (C=O) groups is 1. The summed E-state index contributed by atoms with van der Waals surface area (Å²) in [5, 5.41) is 2.90. The van der Waals surface area contributed by atoms with Crippen LogP contribution in [-0.4, -0.2) is 31.3 Å². The normalized spacial score (nSPS) is 20.4. The second-order valence-corrected chi connectivity index (χ2v) is 4.51. The molecule has 0 aromatic heterocycles. The third-order valence-electron chi connectivity index (χ3n) is 3.02. The van der Waals surface area contributed by atoms with E-state index in [0.717, 1.165) is 19.4 Å². The summed E-state index contributed by atoms with van der Waals surface area (Å²) in [5.74, 6) is 0.597. The van der Waals surface area contributed by atoms with Crippen molar-refractivity contribution in [2.45, 2.75) is 31.9 Å². The summed E-state index contributed by atoms with van der Waals surface area (Å²) < 4.78 is 10.9. The van der Waals surface area contributed by atoms with E-state index in [4.69, 9.17) is 9.47 Å². The lowest BCUT2D eigenvalue weighted by atomic mass is 10.1. The summed E-state index contributed by atoms with van der Waals surface area (Å²) in [6.07, 6.45) is 2.23. The minimum absolute atomic E-state index is 0.0411. The first-order valence-electron chi connectivity index (χ1n) is 6.34. The smallest absolute Gasteiger partial charge is 0.258 e. The average molecular weight is 249 g/mol. The first kappa shape index (κ1) is 12.9. The van der Waals surface area contributed by atoms with E-state index in [1.54, 1.807) is 0 Å². The van der Waals surface area contributed by atoms with E-state index < -0.39 is 0 Å². The Labute approximate surface area is 107 Å². The topological polar surface area (TPSA) is 47.6 Å². The highest BCUT2D eigenvalue weighted by Crippen LogP contribution is 2.15. The van der Waals surface area contributed by atoms with Crippen LogP contribution in [0.4, 0.5) is 0 Å². The molecule has 0 aliphatic carbocycles. The molecule has 0 radical (unpaired) electrons. The molecule has 1 fully saturated rings. The van der Waals surface area contributed by atoms with Crippen LogP contribution < -0.4 is 10.1 Å². The second kappa shape index (κ2) is 6.40. The van der Waals surface area contributed by atoms with E-state index in [2.05, 4.69) is 5.32 Å². The predicted octanol–water partition coefficient (Wildman–Crippen LogP) is 1.75.